The summed E-state index contributed by atoms with van der Waals surface area (Å²) in [5.41, 5.74) is 2.15. The van der Waals surface area contributed by atoms with E-state index in [-0.39, 0.29) is 0 Å². The Bertz CT molecular complexity index is 332. The lowest BCUT2D eigenvalue weighted by Gasteiger charge is -2.17. The molecule has 0 heterocycles. The predicted molar refractivity (Wildman–Crippen MR) is 80.3 cm³/mol. The molecule has 0 radical (unpaired) electrons. The molecule has 0 aliphatic heterocycles. The number of rotatable bonds is 9. The summed E-state index contributed by atoms with van der Waals surface area (Å²) in [4.78, 5) is 0. The van der Waals surface area contributed by atoms with Crippen LogP contribution in [0.5, 0.6) is 0 Å². The molecule has 0 saturated heterocycles. The van der Waals surface area contributed by atoms with E-state index in [2.05, 4.69) is 13.8 Å². The fraction of sp³-hybridized carbons (Fsp3) is 0.647. The van der Waals surface area contributed by atoms with Gasteiger partial charge in [0, 0.05) is 6.61 Å². The van der Waals surface area contributed by atoms with Gasteiger partial charge in [0.25, 0.3) is 0 Å². The van der Waals surface area contributed by atoms with Crippen LogP contribution in [0.4, 0.5) is 0 Å². The summed E-state index contributed by atoms with van der Waals surface area (Å²) >= 11 is 0. The van der Waals surface area contributed by atoms with Crippen LogP contribution in [0, 0.1) is 12.8 Å². The van der Waals surface area contributed by atoms with Gasteiger partial charge in [-0.1, -0.05) is 62.9 Å². The van der Waals surface area contributed by atoms with Crippen LogP contribution >= 0.6 is 0 Å². The number of ether oxygens (including phenoxy) is 1. The Morgan fingerprint density at radius 1 is 1.11 bits per heavy atom. The molecule has 2 atom stereocenters. The van der Waals surface area contributed by atoms with Gasteiger partial charge >= 0.3 is 0 Å². The van der Waals surface area contributed by atoms with E-state index in [0.29, 0.717) is 12.5 Å². The van der Waals surface area contributed by atoms with Gasteiger partial charge in [0.05, 0.1) is 6.61 Å². The summed E-state index contributed by atoms with van der Waals surface area (Å²) in [5, 5.41) is 10.0. The fourth-order valence-corrected chi connectivity index (χ4v) is 2.13. The van der Waals surface area contributed by atoms with Crippen LogP contribution in [-0.2, 0) is 4.74 Å². The third kappa shape index (κ3) is 6.22. The molecule has 0 saturated carbocycles. The van der Waals surface area contributed by atoms with E-state index in [0.717, 1.165) is 18.6 Å². The van der Waals surface area contributed by atoms with Gasteiger partial charge in [0.15, 0.2) is 0 Å². The molecule has 1 rings (SSSR count). The average Bonchev–Trinajstić information content (AvgIpc) is 2.43. The molecular weight excluding hydrogens is 236 g/mol. The maximum Gasteiger partial charge on any atom is 0.102 e. The van der Waals surface area contributed by atoms with Crippen LogP contribution in [0.3, 0.4) is 0 Å². The van der Waals surface area contributed by atoms with Gasteiger partial charge < -0.3 is 9.84 Å². The normalized spacial score (nSPS) is 14.3. The minimum atomic E-state index is -0.510. The molecule has 108 valence electrons. The van der Waals surface area contributed by atoms with Crippen LogP contribution in [0.25, 0.3) is 0 Å². The SMILES string of the molecule is CCCCC(CC)COCC(O)c1ccc(C)cc1. The summed E-state index contributed by atoms with van der Waals surface area (Å²) in [6, 6.07) is 7.98. The smallest absolute Gasteiger partial charge is 0.102 e. The van der Waals surface area contributed by atoms with E-state index in [1.807, 2.05) is 31.2 Å². The van der Waals surface area contributed by atoms with E-state index < -0.39 is 6.10 Å². The molecule has 0 spiro atoms. The van der Waals surface area contributed by atoms with Crippen molar-refractivity contribution in [3.8, 4) is 0 Å². The largest absolute Gasteiger partial charge is 0.386 e. The molecule has 19 heavy (non-hydrogen) atoms. The molecule has 0 aliphatic carbocycles. The number of aliphatic hydroxyl groups is 1. The quantitative estimate of drug-likeness (QED) is 0.722. The second-order valence-electron chi connectivity index (χ2n) is 5.38. The van der Waals surface area contributed by atoms with Crippen molar-refractivity contribution in [2.45, 2.75) is 52.6 Å². The zero-order chi connectivity index (χ0) is 14.1. The van der Waals surface area contributed by atoms with Gasteiger partial charge in [0.2, 0.25) is 0 Å². The maximum absolute atomic E-state index is 10.0. The van der Waals surface area contributed by atoms with Crippen molar-refractivity contribution in [3.05, 3.63) is 35.4 Å². The average molecular weight is 264 g/mol. The summed E-state index contributed by atoms with van der Waals surface area (Å²) in [6.45, 7) is 7.63. The van der Waals surface area contributed by atoms with Crippen molar-refractivity contribution in [2.75, 3.05) is 13.2 Å². The lowest BCUT2D eigenvalue weighted by atomic mass is 10.0. The fourth-order valence-electron chi connectivity index (χ4n) is 2.13. The van der Waals surface area contributed by atoms with Gasteiger partial charge in [-0.15, -0.1) is 0 Å². The zero-order valence-corrected chi connectivity index (χ0v) is 12.6. The molecule has 0 aromatic heterocycles. The van der Waals surface area contributed by atoms with Crippen LogP contribution in [-0.4, -0.2) is 18.3 Å². The highest BCUT2D eigenvalue weighted by molar-refractivity contribution is 5.23. The maximum atomic E-state index is 10.0. The Morgan fingerprint density at radius 3 is 2.37 bits per heavy atom. The highest BCUT2D eigenvalue weighted by atomic mass is 16.5. The third-order valence-corrected chi connectivity index (χ3v) is 3.63. The third-order valence-electron chi connectivity index (χ3n) is 3.63. The molecule has 2 heteroatoms. The number of hydrogen-bond donors (Lipinski definition) is 1. The monoisotopic (exact) mass is 264 g/mol. The van der Waals surface area contributed by atoms with E-state index in [4.69, 9.17) is 4.74 Å². The molecule has 0 amide bonds. The Morgan fingerprint density at radius 2 is 1.79 bits per heavy atom. The van der Waals surface area contributed by atoms with E-state index in [1.54, 1.807) is 0 Å². The number of benzene rings is 1. The predicted octanol–water partition coefficient (Wildman–Crippen LogP) is 4.26. The second-order valence-corrected chi connectivity index (χ2v) is 5.38. The molecule has 2 unspecified atom stereocenters. The van der Waals surface area contributed by atoms with Crippen molar-refractivity contribution in [1.29, 1.82) is 0 Å². The lowest BCUT2D eigenvalue weighted by Crippen LogP contribution is -2.13. The molecule has 1 aromatic carbocycles. The number of unbranched alkanes of at least 4 members (excludes halogenated alkanes) is 1. The van der Waals surface area contributed by atoms with E-state index in [9.17, 15) is 5.11 Å². The molecule has 0 aliphatic rings. The van der Waals surface area contributed by atoms with Crippen LogP contribution in [0.15, 0.2) is 24.3 Å². The van der Waals surface area contributed by atoms with Crippen molar-refractivity contribution in [1.82, 2.24) is 0 Å². The van der Waals surface area contributed by atoms with Crippen LogP contribution in [0.1, 0.15) is 56.8 Å². The summed E-state index contributed by atoms with van der Waals surface area (Å²) in [7, 11) is 0. The van der Waals surface area contributed by atoms with Crippen molar-refractivity contribution < 1.29 is 9.84 Å². The highest BCUT2D eigenvalue weighted by Gasteiger charge is 2.10. The lowest BCUT2D eigenvalue weighted by molar-refractivity contribution is 0.0181. The molecule has 0 bridgehead atoms. The summed E-state index contributed by atoms with van der Waals surface area (Å²) < 4.78 is 5.68. The Labute approximate surface area is 117 Å². The Balaban J connectivity index is 2.29. The minimum Gasteiger partial charge on any atom is -0.386 e. The first-order chi connectivity index (χ1) is 9.17. The van der Waals surface area contributed by atoms with E-state index >= 15 is 0 Å². The topological polar surface area (TPSA) is 29.5 Å². The molecular formula is C17H28O2. The number of aliphatic hydroxyl groups excluding tert-OH is 1. The Hall–Kier alpha value is -0.860. The van der Waals surface area contributed by atoms with Gasteiger partial charge in [-0.3, -0.25) is 0 Å². The first kappa shape index (κ1) is 16.2. The van der Waals surface area contributed by atoms with Gasteiger partial charge in [-0.05, 0) is 24.8 Å². The van der Waals surface area contributed by atoms with Crippen LogP contribution < -0.4 is 0 Å². The van der Waals surface area contributed by atoms with Gasteiger partial charge in [0.1, 0.15) is 6.10 Å². The van der Waals surface area contributed by atoms with Crippen molar-refractivity contribution in [3.63, 3.8) is 0 Å². The first-order valence-electron chi connectivity index (χ1n) is 7.49. The number of aryl methyl sites for hydroxylation is 1. The summed E-state index contributed by atoms with van der Waals surface area (Å²) in [5.74, 6) is 0.630. The van der Waals surface area contributed by atoms with Gasteiger partial charge in [-0.2, -0.15) is 0 Å². The standard InChI is InChI=1S/C17H28O2/c1-4-6-7-15(5-2)12-19-13-17(18)16-10-8-14(3)9-11-16/h8-11,15,17-18H,4-7,12-13H2,1-3H3. The molecule has 2 nitrogen and oxygen atoms in total. The molecule has 1 aromatic rings. The zero-order valence-electron chi connectivity index (χ0n) is 12.6. The van der Waals surface area contributed by atoms with Gasteiger partial charge in [-0.25, -0.2) is 0 Å². The van der Waals surface area contributed by atoms with Crippen LogP contribution in [0.2, 0.25) is 0 Å². The van der Waals surface area contributed by atoms with E-state index in [1.165, 1.54) is 24.8 Å². The summed E-state index contributed by atoms with van der Waals surface area (Å²) in [6.07, 6.45) is 4.38. The number of hydrogen-bond acceptors (Lipinski definition) is 2. The highest BCUT2D eigenvalue weighted by Crippen LogP contribution is 2.16. The minimum absolute atomic E-state index is 0.395. The second kappa shape index (κ2) is 9.11. The molecule has 1 N–H and O–H groups in total. The van der Waals surface area contributed by atoms with Crippen molar-refractivity contribution >= 4 is 0 Å². The Kier molecular flexibility index (Phi) is 7.76. The molecule has 0 fully saturated rings. The first-order valence-corrected chi connectivity index (χ1v) is 7.49. The van der Waals surface area contributed by atoms with Crippen molar-refractivity contribution in [2.24, 2.45) is 5.92 Å².